The summed E-state index contributed by atoms with van der Waals surface area (Å²) in [5, 5.41) is 16.9. The molecule has 82 valence electrons. The maximum atomic E-state index is 4.50. The maximum absolute atomic E-state index is 4.50. The second-order valence-electron chi connectivity index (χ2n) is 3.37. The molecule has 0 unspecified atom stereocenters. The quantitative estimate of drug-likeness (QED) is 0.768. The van der Waals surface area contributed by atoms with Crippen LogP contribution in [0.1, 0.15) is 24.2 Å². The Morgan fingerprint density at radius 1 is 1.40 bits per heavy atom. The largest absolute Gasteiger partial charge is 0.320 e. The van der Waals surface area contributed by atoms with Crippen LogP contribution < -0.4 is 5.32 Å². The molecule has 15 heavy (non-hydrogen) atoms. The molecule has 2 rings (SSSR count). The van der Waals surface area contributed by atoms with Crippen LogP contribution in [0.5, 0.6) is 0 Å². The molecule has 0 aliphatic rings. The Balaban J connectivity index is 2.13. The van der Waals surface area contributed by atoms with E-state index >= 15 is 0 Å². The van der Waals surface area contributed by atoms with E-state index in [9.17, 15) is 0 Å². The summed E-state index contributed by atoms with van der Waals surface area (Å²) in [5.41, 5.74) is 0. The molecule has 0 spiro atoms. The molecule has 0 aliphatic heterocycles. The van der Waals surface area contributed by atoms with Crippen molar-refractivity contribution in [3.63, 3.8) is 0 Å². The van der Waals surface area contributed by atoms with Crippen molar-refractivity contribution in [1.82, 2.24) is 25.1 Å². The van der Waals surface area contributed by atoms with Crippen molar-refractivity contribution in [3.05, 3.63) is 10.8 Å². The van der Waals surface area contributed by atoms with Gasteiger partial charge in [-0.2, -0.15) is 9.61 Å². The third-order valence-corrected chi connectivity index (χ3v) is 3.19. The number of hydrogen-bond acceptors (Lipinski definition) is 5. The van der Waals surface area contributed by atoms with E-state index in [1.54, 1.807) is 11.3 Å². The lowest BCUT2D eigenvalue weighted by Crippen LogP contribution is -2.08. The van der Waals surface area contributed by atoms with Crippen molar-refractivity contribution in [2.45, 2.75) is 26.2 Å². The van der Waals surface area contributed by atoms with E-state index < -0.39 is 0 Å². The molecular weight excluding hydrogens is 210 g/mol. The van der Waals surface area contributed by atoms with Crippen LogP contribution in [0.3, 0.4) is 0 Å². The molecule has 0 bridgehead atoms. The van der Waals surface area contributed by atoms with Gasteiger partial charge in [0.05, 0.1) is 0 Å². The zero-order valence-electron chi connectivity index (χ0n) is 9.03. The summed E-state index contributed by atoms with van der Waals surface area (Å²) in [6, 6.07) is 0. The van der Waals surface area contributed by atoms with E-state index in [2.05, 4.69) is 27.5 Å². The molecular formula is C9H15N5S. The van der Waals surface area contributed by atoms with Gasteiger partial charge in [0, 0.05) is 12.8 Å². The van der Waals surface area contributed by atoms with Gasteiger partial charge in [0.25, 0.3) is 0 Å². The van der Waals surface area contributed by atoms with E-state index in [4.69, 9.17) is 0 Å². The molecule has 2 heterocycles. The number of nitrogens with one attached hydrogen (secondary N) is 1. The van der Waals surface area contributed by atoms with Crippen LogP contribution in [0.4, 0.5) is 0 Å². The van der Waals surface area contributed by atoms with Gasteiger partial charge in [0.2, 0.25) is 4.96 Å². The summed E-state index contributed by atoms with van der Waals surface area (Å²) in [6.45, 7) is 3.09. The lowest BCUT2D eigenvalue weighted by molar-refractivity contribution is 0.709. The van der Waals surface area contributed by atoms with Crippen molar-refractivity contribution in [3.8, 4) is 0 Å². The Hall–Kier alpha value is -1.01. The third-order valence-electron chi connectivity index (χ3n) is 2.23. The fourth-order valence-electron chi connectivity index (χ4n) is 1.43. The molecule has 2 aromatic rings. The van der Waals surface area contributed by atoms with Crippen LogP contribution in [0.2, 0.25) is 0 Å². The summed E-state index contributed by atoms with van der Waals surface area (Å²) >= 11 is 1.63. The lowest BCUT2D eigenvalue weighted by atomic mass is 10.3. The molecule has 6 heteroatoms. The second kappa shape index (κ2) is 4.67. The minimum Gasteiger partial charge on any atom is -0.320 e. The van der Waals surface area contributed by atoms with E-state index in [0.717, 1.165) is 41.6 Å². The predicted molar refractivity (Wildman–Crippen MR) is 60.3 cm³/mol. The summed E-state index contributed by atoms with van der Waals surface area (Å²) < 4.78 is 1.86. The molecule has 2 aromatic heterocycles. The number of aryl methyl sites for hydroxylation is 2. The predicted octanol–water partition coefficient (Wildman–Crippen LogP) is 0.900. The van der Waals surface area contributed by atoms with Crippen molar-refractivity contribution in [1.29, 1.82) is 0 Å². The van der Waals surface area contributed by atoms with Gasteiger partial charge >= 0.3 is 0 Å². The Morgan fingerprint density at radius 2 is 2.27 bits per heavy atom. The van der Waals surface area contributed by atoms with Crippen LogP contribution in [-0.4, -0.2) is 33.4 Å². The average molecular weight is 225 g/mol. The van der Waals surface area contributed by atoms with Crippen molar-refractivity contribution in [2.24, 2.45) is 0 Å². The van der Waals surface area contributed by atoms with E-state index in [1.807, 2.05) is 11.6 Å². The van der Waals surface area contributed by atoms with Crippen LogP contribution in [0.25, 0.3) is 4.96 Å². The molecule has 0 aromatic carbocycles. The van der Waals surface area contributed by atoms with E-state index in [1.165, 1.54) is 0 Å². The van der Waals surface area contributed by atoms with Gasteiger partial charge in [-0.1, -0.05) is 18.3 Å². The molecule has 5 nitrogen and oxygen atoms in total. The molecule has 0 aliphatic carbocycles. The Labute approximate surface area is 92.5 Å². The van der Waals surface area contributed by atoms with Gasteiger partial charge in [0.15, 0.2) is 5.82 Å². The van der Waals surface area contributed by atoms with Gasteiger partial charge < -0.3 is 5.32 Å². The minimum absolute atomic E-state index is 0.876. The first-order valence-corrected chi connectivity index (χ1v) is 6.01. The van der Waals surface area contributed by atoms with Crippen LogP contribution in [0.15, 0.2) is 0 Å². The summed E-state index contributed by atoms with van der Waals surface area (Å²) in [5.74, 6) is 0.945. The van der Waals surface area contributed by atoms with Crippen LogP contribution >= 0.6 is 11.3 Å². The lowest BCUT2D eigenvalue weighted by Gasteiger charge is -1.94. The van der Waals surface area contributed by atoms with Gasteiger partial charge in [-0.25, -0.2) is 0 Å². The summed E-state index contributed by atoms with van der Waals surface area (Å²) in [4.78, 5) is 0.909. The fourth-order valence-corrected chi connectivity index (χ4v) is 2.33. The average Bonchev–Trinajstić information content (AvgIpc) is 2.77. The first-order chi connectivity index (χ1) is 7.35. The normalized spacial score (nSPS) is 11.3. The molecule has 0 amide bonds. The van der Waals surface area contributed by atoms with Crippen LogP contribution in [-0.2, 0) is 12.8 Å². The Kier molecular flexibility index (Phi) is 3.27. The number of nitrogens with zero attached hydrogens (tertiary/aromatic N) is 4. The molecule has 0 radical (unpaired) electrons. The highest BCUT2D eigenvalue weighted by Gasteiger charge is 2.09. The molecule has 0 saturated heterocycles. The van der Waals surface area contributed by atoms with Gasteiger partial charge in [-0.05, 0) is 20.0 Å². The first-order valence-electron chi connectivity index (χ1n) is 5.19. The monoisotopic (exact) mass is 225 g/mol. The zero-order valence-corrected chi connectivity index (χ0v) is 9.84. The van der Waals surface area contributed by atoms with Gasteiger partial charge in [0.1, 0.15) is 5.01 Å². The van der Waals surface area contributed by atoms with Crippen molar-refractivity contribution >= 4 is 16.3 Å². The zero-order chi connectivity index (χ0) is 10.7. The van der Waals surface area contributed by atoms with E-state index in [0.29, 0.717) is 0 Å². The number of hydrogen-bond donors (Lipinski definition) is 1. The van der Waals surface area contributed by atoms with Crippen LogP contribution in [0, 0.1) is 0 Å². The summed E-state index contributed by atoms with van der Waals surface area (Å²) in [7, 11) is 1.97. The highest BCUT2D eigenvalue weighted by atomic mass is 32.1. The fraction of sp³-hybridized carbons (Fsp3) is 0.667. The molecule has 0 atom stereocenters. The van der Waals surface area contributed by atoms with Crippen molar-refractivity contribution in [2.75, 3.05) is 13.6 Å². The topological polar surface area (TPSA) is 55.1 Å². The molecule has 0 fully saturated rings. The highest BCUT2D eigenvalue weighted by molar-refractivity contribution is 7.16. The van der Waals surface area contributed by atoms with Crippen molar-refractivity contribution < 1.29 is 0 Å². The van der Waals surface area contributed by atoms with E-state index in [-0.39, 0.29) is 0 Å². The number of rotatable bonds is 5. The molecule has 1 N–H and O–H groups in total. The van der Waals surface area contributed by atoms with Gasteiger partial charge in [-0.3, -0.25) is 0 Å². The number of aromatic nitrogens is 4. The molecule has 0 saturated carbocycles. The second-order valence-corrected chi connectivity index (χ2v) is 4.41. The third kappa shape index (κ3) is 2.15. The Bertz CT molecular complexity index is 433. The standard InChI is InChI=1S/C9H15N5S/c1-3-7-11-12-9-14(7)13-8(15-9)5-4-6-10-2/h10H,3-6H2,1-2H3. The maximum Gasteiger partial charge on any atom is 0.234 e. The minimum atomic E-state index is 0.876. The van der Waals surface area contributed by atoms with Gasteiger partial charge in [-0.15, -0.1) is 10.2 Å². The highest BCUT2D eigenvalue weighted by Crippen LogP contribution is 2.15. The SMILES string of the molecule is CCc1nnc2sc(CCCNC)nn12. The smallest absolute Gasteiger partial charge is 0.234 e. The Morgan fingerprint density at radius 3 is 3.00 bits per heavy atom. The summed E-state index contributed by atoms with van der Waals surface area (Å²) in [6.07, 6.45) is 3.00. The first kappa shape index (κ1) is 10.5. The number of fused-ring (bicyclic) bond motifs is 1.